The summed E-state index contributed by atoms with van der Waals surface area (Å²) in [5.41, 5.74) is 2.15. The van der Waals surface area contributed by atoms with Crippen LogP contribution >= 0.6 is 24.0 Å². The SMILES string of the molecule is CCNC(=NCc1ccc(C)cc1OC)NCC1(C)CCCCC1O.I. The van der Waals surface area contributed by atoms with Crippen molar-refractivity contribution < 1.29 is 9.84 Å². The summed E-state index contributed by atoms with van der Waals surface area (Å²) in [5.74, 6) is 1.65. The van der Waals surface area contributed by atoms with Crippen LogP contribution in [0, 0.1) is 12.3 Å². The van der Waals surface area contributed by atoms with E-state index in [0.29, 0.717) is 6.54 Å². The maximum absolute atomic E-state index is 10.4. The molecule has 2 unspecified atom stereocenters. The Labute approximate surface area is 175 Å². The minimum Gasteiger partial charge on any atom is -0.496 e. The quantitative estimate of drug-likeness (QED) is 0.334. The Morgan fingerprint density at radius 1 is 1.35 bits per heavy atom. The van der Waals surface area contributed by atoms with Crippen molar-refractivity contribution in [2.24, 2.45) is 10.4 Å². The summed E-state index contributed by atoms with van der Waals surface area (Å²) in [6, 6.07) is 6.17. The number of guanidine groups is 1. The lowest BCUT2D eigenvalue weighted by Gasteiger charge is -2.38. The zero-order valence-corrected chi connectivity index (χ0v) is 18.8. The highest BCUT2D eigenvalue weighted by atomic mass is 127. The van der Waals surface area contributed by atoms with Crippen molar-refractivity contribution >= 4 is 29.9 Å². The van der Waals surface area contributed by atoms with Gasteiger partial charge in [-0.3, -0.25) is 0 Å². The van der Waals surface area contributed by atoms with Gasteiger partial charge >= 0.3 is 0 Å². The molecule has 0 spiro atoms. The summed E-state index contributed by atoms with van der Waals surface area (Å²) in [7, 11) is 1.69. The van der Waals surface area contributed by atoms with E-state index in [1.807, 2.05) is 6.07 Å². The first kappa shape index (κ1) is 23.0. The van der Waals surface area contributed by atoms with Gasteiger partial charge in [0.15, 0.2) is 5.96 Å². The van der Waals surface area contributed by atoms with Crippen molar-refractivity contribution in [2.75, 3.05) is 20.2 Å². The number of halogens is 1. The van der Waals surface area contributed by atoms with E-state index in [1.54, 1.807) is 7.11 Å². The third-order valence-electron chi connectivity index (χ3n) is 5.13. The van der Waals surface area contributed by atoms with Crippen LogP contribution in [0.15, 0.2) is 23.2 Å². The van der Waals surface area contributed by atoms with E-state index in [4.69, 9.17) is 9.73 Å². The van der Waals surface area contributed by atoms with Crippen molar-refractivity contribution in [3.63, 3.8) is 0 Å². The molecule has 0 radical (unpaired) electrons. The number of benzene rings is 1. The summed E-state index contributed by atoms with van der Waals surface area (Å²) < 4.78 is 5.46. The summed E-state index contributed by atoms with van der Waals surface area (Å²) in [6.07, 6.45) is 4.01. The summed E-state index contributed by atoms with van der Waals surface area (Å²) >= 11 is 0. The van der Waals surface area contributed by atoms with E-state index >= 15 is 0 Å². The van der Waals surface area contributed by atoms with Crippen LogP contribution in [-0.4, -0.2) is 37.4 Å². The molecule has 0 aromatic heterocycles. The van der Waals surface area contributed by atoms with Gasteiger partial charge in [0.1, 0.15) is 5.75 Å². The lowest BCUT2D eigenvalue weighted by molar-refractivity contribution is 0.00397. The second kappa shape index (κ2) is 11.0. The second-order valence-electron chi connectivity index (χ2n) is 7.28. The van der Waals surface area contributed by atoms with Crippen molar-refractivity contribution in [3.05, 3.63) is 29.3 Å². The molecule has 2 atom stereocenters. The number of hydrogen-bond donors (Lipinski definition) is 3. The standard InChI is InChI=1S/C20H33N3O2.HI/c1-5-21-19(23-14-20(3)11-7-6-8-18(20)24)22-13-16-10-9-15(2)12-17(16)25-4;/h9-10,12,18,24H,5-8,11,13-14H2,1-4H3,(H2,21,22,23);1H. The molecule has 1 aromatic carbocycles. The molecule has 26 heavy (non-hydrogen) atoms. The lowest BCUT2D eigenvalue weighted by atomic mass is 9.73. The maximum Gasteiger partial charge on any atom is 0.191 e. The zero-order valence-electron chi connectivity index (χ0n) is 16.5. The monoisotopic (exact) mass is 475 g/mol. The predicted octanol–water partition coefficient (Wildman–Crippen LogP) is 3.62. The molecule has 0 amide bonds. The van der Waals surface area contributed by atoms with Gasteiger partial charge in [-0.05, 0) is 38.3 Å². The Balaban J connectivity index is 0.00000338. The molecule has 1 saturated carbocycles. The number of hydrogen-bond acceptors (Lipinski definition) is 3. The number of aliphatic imine (C=N–C) groups is 1. The Kier molecular flexibility index (Phi) is 9.71. The van der Waals surface area contributed by atoms with Gasteiger partial charge in [-0.1, -0.05) is 31.9 Å². The summed E-state index contributed by atoms with van der Waals surface area (Å²) in [6.45, 7) is 8.35. The normalized spacial score (nSPS) is 23.1. The minimum atomic E-state index is -0.242. The molecule has 1 aliphatic carbocycles. The molecule has 1 aromatic rings. The van der Waals surface area contributed by atoms with E-state index in [-0.39, 0.29) is 35.5 Å². The highest BCUT2D eigenvalue weighted by Gasteiger charge is 2.35. The number of aryl methyl sites for hydroxylation is 1. The molecule has 1 aliphatic rings. The number of ether oxygens (including phenoxy) is 1. The van der Waals surface area contributed by atoms with Gasteiger partial charge < -0.3 is 20.5 Å². The number of aliphatic hydroxyl groups is 1. The topological polar surface area (TPSA) is 65.9 Å². The van der Waals surface area contributed by atoms with E-state index in [9.17, 15) is 5.11 Å². The van der Waals surface area contributed by atoms with Crippen LogP contribution in [0.4, 0.5) is 0 Å². The van der Waals surface area contributed by atoms with E-state index in [0.717, 1.165) is 49.6 Å². The fourth-order valence-corrected chi connectivity index (χ4v) is 3.36. The molecule has 0 aliphatic heterocycles. The molecule has 0 saturated heterocycles. The number of nitrogens with one attached hydrogen (secondary N) is 2. The molecular weight excluding hydrogens is 441 g/mol. The smallest absolute Gasteiger partial charge is 0.191 e. The van der Waals surface area contributed by atoms with Crippen LogP contribution in [0.25, 0.3) is 0 Å². The van der Waals surface area contributed by atoms with Crippen LogP contribution in [0.1, 0.15) is 50.7 Å². The Morgan fingerprint density at radius 2 is 2.12 bits per heavy atom. The lowest BCUT2D eigenvalue weighted by Crippen LogP contribution is -2.48. The fraction of sp³-hybridized carbons (Fsp3) is 0.650. The first-order valence-corrected chi connectivity index (χ1v) is 9.32. The van der Waals surface area contributed by atoms with Crippen LogP contribution in [0.2, 0.25) is 0 Å². The van der Waals surface area contributed by atoms with Gasteiger partial charge in [-0.25, -0.2) is 4.99 Å². The van der Waals surface area contributed by atoms with E-state index in [2.05, 4.69) is 43.5 Å². The largest absolute Gasteiger partial charge is 0.496 e. The second-order valence-corrected chi connectivity index (χ2v) is 7.28. The molecule has 0 heterocycles. The van der Waals surface area contributed by atoms with Gasteiger partial charge in [0.2, 0.25) is 0 Å². The average molecular weight is 475 g/mol. The van der Waals surface area contributed by atoms with Crippen LogP contribution in [0.3, 0.4) is 0 Å². The van der Waals surface area contributed by atoms with Crippen LogP contribution in [0.5, 0.6) is 5.75 Å². The number of methoxy groups -OCH3 is 1. The van der Waals surface area contributed by atoms with Crippen LogP contribution < -0.4 is 15.4 Å². The molecular formula is C20H34IN3O2. The van der Waals surface area contributed by atoms with Gasteiger partial charge in [0, 0.05) is 24.1 Å². The fourth-order valence-electron chi connectivity index (χ4n) is 3.36. The summed E-state index contributed by atoms with van der Waals surface area (Å²) in [5, 5.41) is 17.1. The Bertz CT molecular complexity index is 594. The highest BCUT2D eigenvalue weighted by molar-refractivity contribution is 14.0. The van der Waals surface area contributed by atoms with Gasteiger partial charge in [0.05, 0.1) is 19.8 Å². The third kappa shape index (κ3) is 6.30. The van der Waals surface area contributed by atoms with Gasteiger partial charge in [0.25, 0.3) is 0 Å². The Morgan fingerprint density at radius 3 is 2.77 bits per heavy atom. The highest BCUT2D eigenvalue weighted by Crippen LogP contribution is 2.35. The molecule has 5 nitrogen and oxygen atoms in total. The average Bonchev–Trinajstić information content (AvgIpc) is 2.61. The third-order valence-corrected chi connectivity index (χ3v) is 5.13. The van der Waals surface area contributed by atoms with E-state index in [1.165, 1.54) is 12.0 Å². The van der Waals surface area contributed by atoms with Crippen molar-refractivity contribution in [3.8, 4) is 5.75 Å². The van der Waals surface area contributed by atoms with Gasteiger partial charge in [-0.15, -0.1) is 24.0 Å². The van der Waals surface area contributed by atoms with Crippen LogP contribution in [-0.2, 0) is 6.54 Å². The molecule has 1 fully saturated rings. The molecule has 6 heteroatoms. The first-order chi connectivity index (χ1) is 12.0. The molecule has 3 N–H and O–H groups in total. The van der Waals surface area contributed by atoms with Gasteiger partial charge in [-0.2, -0.15) is 0 Å². The number of nitrogens with zero attached hydrogens (tertiary/aromatic N) is 1. The Hall–Kier alpha value is -1.02. The van der Waals surface area contributed by atoms with E-state index < -0.39 is 0 Å². The molecule has 0 bridgehead atoms. The van der Waals surface area contributed by atoms with Crippen molar-refractivity contribution in [1.29, 1.82) is 0 Å². The number of rotatable bonds is 6. The first-order valence-electron chi connectivity index (χ1n) is 9.32. The van der Waals surface area contributed by atoms with Crippen molar-refractivity contribution in [1.82, 2.24) is 10.6 Å². The van der Waals surface area contributed by atoms with Crippen molar-refractivity contribution in [2.45, 2.75) is 59.1 Å². The maximum atomic E-state index is 10.4. The molecule has 148 valence electrons. The minimum absolute atomic E-state index is 0. The zero-order chi connectivity index (χ0) is 18.3. The number of aliphatic hydroxyl groups excluding tert-OH is 1. The predicted molar refractivity (Wildman–Crippen MR) is 119 cm³/mol. The summed E-state index contributed by atoms with van der Waals surface area (Å²) in [4.78, 5) is 4.70. The molecule has 2 rings (SSSR count).